The standard InChI is InChI=1S/C11H6BrClNO2/c12-10-5-7(13)6-14-11(10)16-9-3-1-8(15)2-4-9/h1-6H. The van der Waals surface area contributed by atoms with Gasteiger partial charge in [-0.15, -0.1) is 0 Å². The molecule has 0 saturated heterocycles. The van der Waals surface area contributed by atoms with E-state index in [1.807, 2.05) is 0 Å². The average molecular weight is 300 g/mol. The summed E-state index contributed by atoms with van der Waals surface area (Å²) >= 11 is 9.04. The first kappa shape index (κ1) is 11.2. The Morgan fingerprint density at radius 1 is 1.25 bits per heavy atom. The molecule has 0 bridgehead atoms. The lowest BCUT2D eigenvalue weighted by atomic mass is 10.3. The SMILES string of the molecule is [O]c1ccc(Oc2ncc(Cl)cc2Br)cc1. The lowest BCUT2D eigenvalue weighted by Gasteiger charge is -2.06. The largest absolute Gasteiger partial charge is 0.438 e. The molecule has 0 saturated carbocycles. The maximum atomic E-state index is 10.9. The van der Waals surface area contributed by atoms with Crippen molar-refractivity contribution in [2.45, 2.75) is 0 Å². The van der Waals surface area contributed by atoms with Gasteiger partial charge in [-0.1, -0.05) is 11.6 Å². The van der Waals surface area contributed by atoms with Crippen LogP contribution in [0.4, 0.5) is 0 Å². The number of rotatable bonds is 2. The highest BCUT2D eigenvalue weighted by Gasteiger charge is 2.05. The molecule has 0 atom stereocenters. The molecule has 0 aliphatic rings. The Morgan fingerprint density at radius 3 is 2.56 bits per heavy atom. The van der Waals surface area contributed by atoms with Gasteiger partial charge in [0.1, 0.15) is 5.75 Å². The van der Waals surface area contributed by atoms with Crippen LogP contribution in [0.3, 0.4) is 0 Å². The lowest BCUT2D eigenvalue weighted by Crippen LogP contribution is -1.88. The lowest BCUT2D eigenvalue weighted by molar-refractivity contribution is 0.353. The molecule has 1 radical (unpaired) electrons. The second kappa shape index (κ2) is 4.72. The zero-order valence-electron chi connectivity index (χ0n) is 7.98. The Labute approximate surface area is 106 Å². The van der Waals surface area contributed by atoms with Crippen LogP contribution in [0.5, 0.6) is 17.4 Å². The molecule has 0 aliphatic carbocycles. The maximum absolute atomic E-state index is 10.9. The zero-order valence-corrected chi connectivity index (χ0v) is 10.3. The fourth-order valence-corrected chi connectivity index (χ4v) is 1.82. The van der Waals surface area contributed by atoms with Gasteiger partial charge in [0.2, 0.25) is 5.88 Å². The molecule has 0 amide bonds. The van der Waals surface area contributed by atoms with Gasteiger partial charge in [-0.25, -0.2) is 4.98 Å². The third-order valence-electron chi connectivity index (χ3n) is 1.81. The number of aromatic nitrogens is 1. The van der Waals surface area contributed by atoms with E-state index in [1.54, 1.807) is 18.2 Å². The first-order chi connectivity index (χ1) is 7.65. The second-order valence-corrected chi connectivity index (χ2v) is 4.30. The summed E-state index contributed by atoms with van der Waals surface area (Å²) in [5, 5.41) is 11.4. The number of ether oxygens (including phenoxy) is 1. The Morgan fingerprint density at radius 2 is 1.94 bits per heavy atom. The molecular weight excluding hydrogens is 293 g/mol. The predicted molar refractivity (Wildman–Crippen MR) is 63.6 cm³/mol. The van der Waals surface area contributed by atoms with Crippen molar-refractivity contribution in [3.63, 3.8) is 0 Å². The molecule has 0 N–H and O–H groups in total. The maximum Gasteiger partial charge on any atom is 0.233 e. The molecule has 3 nitrogen and oxygen atoms in total. The van der Waals surface area contributed by atoms with Gasteiger partial charge < -0.3 is 4.74 Å². The summed E-state index contributed by atoms with van der Waals surface area (Å²) in [6.07, 6.45) is 1.49. The summed E-state index contributed by atoms with van der Waals surface area (Å²) in [6.45, 7) is 0. The van der Waals surface area contributed by atoms with Crippen molar-refractivity contribution in [3.05, 3.63) is 46.0 Å². The van der Waals surface area contributed by atoms with Crippen LogP contribution < -0.4 is 4.74 Å². The Kier molecular flexibility index (Phi) is 3.31. The molecular formula is C11H6BrClNO2. The van der Waals surface area contributed by atoms with Gasteiger partial charge in [0.05, 0.1) is 9.50 Å². The Bertz CT molecular complexity index is 502. The molecule has 2 aromatic rings. The molecule has 2 rings (SSSR count). The molecule has 1 aromatic heterocycles. The van der Waals surface area contributed by atoms with E-state index in [-0.39, 0.29) is 5.75 Å². The van der Waals surface area contributed by atoms with Crippen molar-refractivity contribution in [2.24, 2.45) is 0 Å². The Hall–Kier alpha value is -1.26. The number of hydrogen-bond donors (Lipinski definition) is 0. The quantitative estimate of drug-likeness (QED) is 0.823. The summed E-state index contributed by atoms with van der Waals surface area (Å²) in [5.74, 6) is 0.897. The van der Waals surface area contributed by atoms with Crippen LogP contribution in [0.25, 0.3) is 0 Å². The number of pyridine rings is 1. The van der Waals surface area contributed by atoms with Crippen molar-refractivity contribution in [1.29, 1.82) is 0 Å². The topological polar surface area (TPSA) is 42.0 Å². The summed E-state index contributed by atoms with van der Waals surface area (Å²) in [7, 11) is 0. The molecule has 16 heavy (non-hydrogen) atoms. The van der Waals surface area contributed by atoms with Crippen molar-refractivity contribution in [3.8, 4) is 17.4 Å². The molecule has 81 valence electrons. The number of nitrogens with zero attached hydrogens (tertiary/aromatic N) is 1. The smallest absolute Gasteiger partial charge is 0.233 e. The molecule has 5 heteroatoms. The van der Waals surface area contributed by atoms with Crippen LogP contribution in [-0.2, 0) is 5.11 Å². The van der Waals surface area contributed by atoms with Gasteiger partial charge in [-0.2, -0.15) is 0 Å². The summed E-state index contributed by atoms with van der Waals surface area (Å²) in [4.78, 5) is 4.02. The number of benzene rings is 1. The van der Waals surface area contributed by atoms with Crippen molar-refractivity contribution in [1.82, 2.24) is 4.98 Å². The van der Waals surface area contributed by atoms with E-state index in [4.69, 9.17) is 16.3 Å². The fraction of sp³-hybridized carbons (Fsp3) is 0. The molecule has 0 unspecified atom stereocenters. The van der Waals surface area contributed by atoms with Crippen LogP contribution in [0.15, 0.2) is 41.0 Å². The summed E-state index contributed by atoms with van der Waals surface area (Å²) < 4.78 is 6.12. The predicted octanol–water partition coefficient (Wildman–Crippen LogP) is 4.43. The average Bonchev–Trinajstić information content (AvgIpc) is 2.25. The highest BCUT2D eigenvalue weighted by molar-refractivity contribution is 9.10. The molecule has 1 aromatic carbocycles. The monoisotopic (exact) mass is 298 g/mol. The van der Waals surface area contributed by atoms with E-state index in [2.05, 4.69) is 20.9 Å². The van der Waals surface area contributed by atoms with Crippen LogP contribution in [0.1, 0.15) is 0 Å². The first-order valence-electron chi connectivity index (χ1n) is 4.41. The Balaban J connectivity index is 2.23. The molecule has 0 aliphatic heterocycles. The van der Waals surface area contributed by atoms with Crippen LogP contribution >= 0.6 is 27.5 Å². The summed E-state index contributed by atoms with van der Waals surface area (Å²) in [6, 6.07) is 7.72. The normalized spacial score (nSPS) is 10.1. The van der Waals surface area contributed by atoms with Crippen LogP contribution in [-0.4, -0.2) is 4.98 Å². The second-order valence-electron chi connectivity index (χ2n) is 3.01. The fourth-order valence-electron chi connectivity index (χ4n) is 1.10. The van der Waals surface area contributed by atoms with Crippen molar-refractivity contribution in [2.75, 3.05) is 0 Å². The van der Waals surface area contributed by atoms with Crippen molar-refractivity contribution >= 4 is 27.5 Å². The minimum Gasteiger partial charge on any atom is -0.438 e. The van der Waals surface area contributed by atoms with E-state index in [9.17, 15) is 5.11 Å². The highest BCUT2D eigenvalue weighted by atomic mass is 79.9. The third kappa shape index (κ3) is 2.65. The van der Waals surface area contributed by atoms with Crippen molar-refractivity contribution < 1.29 is 9.84 Å². The molecule has 0 fully saturated rings. The molecule has 1 heterocycles. The van der Waals surface area contributed by atoms with Gasteiger partial charge in [-0.05, 0) is 46.3 Å². The number of halogens is 2. The van der Waals surface area contributed by atoms with E-state index in [0.29, 0.717) is 21.1 Å². The van der Waals surface area contributed by atoms with Gasteiger partial charge in [0, 0.05) is 6.20 Å². The van der Waals surface area contributed by atoms with E-state index >= 15 is 0 Å². The van der Waals surface area contributed by atoms with E-state index < -0.39 is 0 Å². The van der Waals surface area contributed by atoms with E-state index in [0.717, 1.165) is 0 Å². The number of hydrogen-bond acceptors (Lipinski definition) is 2. The van der Waals surface area contributed by atoms with Crippen LogP contribution in [0, 0.1) is 0 Å². The third-order valence-corrected chi connectivity index (χ3v) is 2.59. The van der Waals surface area contributed by atoms with Crippen LogP contribution in [0.2, 0.25) is 5.02 Å². The zero-order chi connectivity index (χ0) is 11.5. The highest BCUT2D eigenvalue weighted by Crippen LogP contribution is 2.29. The van der Waals surface area contributed by atoms with Gasteiger partial charge in [-0.3, -0.25) is 5.11 Å². The minimum atomic E-state index is -0.0597. The summed E-state index contributed by atoms with van der Waals surface area (Å²) in [5.41, 5.74) is 0. The van der Waals surface area contributed by atoms with Gasteiger partial charge in [0.25, 0.3) is 0 Å². The first-order valence-corrected chi connectivity index (χ1v) is 5.58. The minimum absolute atomic E-state index is 0.0597. The van der Waals surface area contributed by atoms with Gasteiger partial charge in [0.15, 0.2) is 5.75 Å². The van der Waals surface area contributed by atoms with Gasteiger partial charge >= 0.3 is 0 Å². The molecule has 0 spiro atoms. The van der Waals surface area contributed by atoms with E-state index in [1.165, 1.54) is 18.3 Å².